The Morgan fingerprint density at radius 2 is 2.17 bits per heavy atom. The Kier molecular flexibility index (Phi) is 5.95. The molecule has 1 aliphatic heterocycles. The molecule has 23 heavy (non-hydrogen) atoms. The Balaban J connectivity index is 2.20. The minimum absolute atomic E-state index is 0.0128. The SMILES string of the molecule is C=CCOc1ccccc1/C=C1\SC(=S)N(CCC(=O)[O-])C1=O. The minimum atomic E-state index is -1.22. The fraction of sp³-hybridized carbons (Fsp3) is 0.188. The molecule has 2 rings (SSSR count). The van der Waals surface area contributed by atoms with Crippen molar-refractivity contribution in [1.29, 1.82) is 0 Å². The Morgan fingerprint density at radius 3 is 2.87 bits per heavy atom. The van der Waals surface area contributed by atoms with E-state index >= 15 is 0 Å². The molecule has 0 radical (unpaired) electrons. The lowest BCUT2D eigenvalue weighted by molar-refractivity contribution is -0.305. The van der Waals surface area contributed by atoms with Crippen LogP contribution in [0.3, 0.4) is 0 Å². The van der Waals surface area contributed by atoms with Gasteiger partial charge in [0.15, 0.2) is 0 Å². The maximum atomic E-state index is 12.3. The molecule has 1 saturated heterocycles. The van der Waals surface area contributed by atoms with Gasteiger partial charge in [0.2, 0.25) is 0 Å². The third-order valence-electron chi connectivity index (χ3n) is 2.98. The minimum Gasteiger partial charge on any atom is -0.550 e. The number of carboxylic acid groups (broad SMARTS) is 1. The number of hydrogen-bond acceptors (Lipinski definition) is 6. The molecule has 1 aliphatic rings. The van der Waals surface area contributed by atoms with Crippen LogP contribution in [0.25, 0.3) is 6.08 Å². The van der Waals surface area contributed by atoms with Crippen LogP contribution in [0.1, 0.15) is 12.0 Å². The lowest BCUT2D eigenvalue weighted by atomic mass is 10.2. The molecule has 1 aromatic rings. The zero-order chi connectivity index (χ0) is 16.8. The van der Waals surface area contributed by atoms with Gasteiger partial charge in [-0.05, 0) is 12.1 Å². The second kappa shape index (κ2) is 7.94. The zero-order valence-electron chi connectivity index (χ0n) is 12.2. The number of thiocarbonyl (C=S) groups is 1. The summed E-state index contributed by atoms with van der Waals surface area (Å²) in [5, 5.41) is 10.5. The largest absolute Gasteiger partial charge is 0.550 e. The van der Waals surface area contributed by atoms with Crippen LogP contribution in [-0.2, 0) is 9.59 Å². The molecule has 0 aliphatic carbocycles. The summed E-state index contributed by atoms with van der Waals surface area (Å²) in [6, 6.07) is 7.29. The summed E-state index contributed by atoms with van der Waals surface area (Å²) in [5.74, 6) is -0.890. The van der Waals surface area contributed by atoms with E-state index in [4.69, 9.17) is 17.0 Å². The fourth-order valence-electron chi connectivity index (χ4n) is 1.92. The summed E-state index contributed by atoms with van der Waals surface area (Å²) in [5.41, 5.74) is 0.745. The highest BCUT2D eigenvalue weighted by atomic mass is 32.2. The third-order valence-corrected chi connectivity index (χ3v) is 4.35. The molecule has 1 aromatic carbocycles. The molecule has 5 nitrogen and oxygen atoms in total. The van der Waals surface area contributed by atoms with E-state index < -0.39 is 5.97 Å². The van der Waals surface area contributed by atoms with E-state index in [1.807, 2.05) is 18.2 Å². The summed E-state index contributed by atoms with van der Waals surface area (Å²) >= 11 is 6.28. The number of ether oxygens (including phenoxy) is 1. The van der Waals surface area contributed by atoms with Crippen LogP contribution in [0.4, 0.5) is 0 Å². The van der Waals surface area contributed by atoms with Crippen LogP contribution in [0.2, 0.25) is 0 Å². The molecule has 0 aromatic heterocycles. The van der Waals surface area contributed by atoms with Crippen LogP contribution in [0.15, 0.2) is 41.8 Å². The van der Waals surface area contributed by atoms with Gasteiger partial charge in [0.05, 0.1) is 4.91 Å². The van der Waals surface area contributed by atoms with E-state index in [1.165, 1.54) is 4.90 Å². The van der Waals surface area contributed by atoms with Gasteiger partial charge in [-0.15, -0.1) is 0 Å². The summed E-state index contributed by atoms with van der Waals surface area (Å²) in [4.78, 5) is 24.6. The number of carbonyl (C=O) groups excluding carboxylic acids is 2. The molecule has 120 valence electrons. The second-order valence-electron chi connectivity index (χ2n) is 4.59. The van der Waals surface area contributed by atoms with Crippen molar-refractivity contribution < 1.29 is 19.4 Å². The molecule has 1 heterocycles. The number of hydrogen-bond donors (Lipinski definition) is 0. The highest BCUT2D eigenvalue weighted by Crippen LogP contribution is 2.34. The highest BCUT2D eigenvalue weighted by Gasteiger charge is 2.31. The Labute approximate surface area is 143 Å². The molecule has 0 saturated carbocycles. The van der Waals surface area contributed by atoms with Crippen LogP contribution in [0.5, 0.6) is 5.75 Å². The molecular weight excluding hydrogens is 334 g/mol. The van der Waals surface area contributed by atoms with E-state index in [0.29, 0.717) is 21.6 Å². The predicted molar refractivity (Wildman–Crippen MR) is 91.6 cm³/mol. The monoisotopic (exact) mass is 348 g/mol. The molecule has 0 atom stereocenters. The van der Waals surface area contributed by atoms with E-state index in [2.05, 4.69) is 6.58 Å². The van der Waals surface area contributed by atoms with Gasteiger partial charge in [-0.25, -0.2) is 0 Å². The summed E-state index contributed by atoms with van der Waals surface area (Å²) < 4.78 is 5.89. The summed E-state index contributed by atoms with van der Waals surface area (Å²) in [7, 11) is 0. The second-order valence-corrected chi connectivity index (χ2v) is 6.27. The van der Waals surface area contributed by atoms with Crippen molar-refractivity contribution in [3.63, 3.8) is 0 Å². The zero-order valence-corrected chi connectivity index (χ0v) is 13.8. The third kappa shape index (κ3) is 4.43. The lowest BCUT2D eigenvalue weighted by Crippen LogP contribution is -2.33. The number of thioether (sulfide) groups is 1. The number of carbonyl (C=O) groups is 2. The van der Waals surface area contributed by atoms with Crippen molar-refractivity contribution in [2.24, 2.45) is 0 Å². The van der Waals surface area contributed by atoms with Gasteiger partial charge in [-0.3, -0.25) is 9.69 Å². The summed E-state index contributed by atoms with van der Waals surface area (Å²) in [6.45, 7) is 3.97. The molecule has 7 heteroatoms. The number of amides is 1. The molecule has 0 bridgehead atoms. The molecular formula is C16H14NO4S2-. The van der Waals surface area contributed by atoms with Crippen molar-refractivity contribution in [2.45, 2.75) is 6.42 Å². The van der Waals surface area contributed by atoms with Gasteiger partial charge in [0.1, 0.15) is 16.7 Å². The van der Waals surface area contributed by atoms with Crippen molar-refractivity contribution in [1.82, 2.24) is 4.90 Å². The maximum Gasteiger partial charge on any atom is 0.266 e. The van der Waals surface area contributed by atoms with Crippen molar-refractivity contribution in [3.05, 3.63) is 47.4 Å². The highest BCUT2D eigenvalue weighted by molar-refractivity contribution is 8.26. The number of para-hydroxylation sites is 1. The topological polar surface area (TPSA) is 69.7 Å². The summed E-state index contributed by atoms with van der Waals surface area (Å²) in [6.07, 6.45) is 3.08. The number of benzene rings is 1. The average molecular weight is 348 g/mol. The van der Waals surface area contributed by atoms with E-state index in [0.717, 1.165) is 17.3 Å². The van der Waals surface area contributed by atoms with Gasteiger partial charge in [0, 0.05) is 24.5 Å². The van der Waals surface area contributed by atoms with Gasteiger partial charge < -0.3 is 14.6 Å². The van der Waals surface area contributed by atoms with Gasteiger partial charge in [0.25, 0.3) is 5.91 Å². The normalized spacial score (nSPS) is 16.0. The molecule has 0 N–H and O–H groups in total. The van der Waals surface area contributed by atoms with Crippen molar-refractivity contribution in [3.8, 4) is 5.75 Å². The van der Waals surface area contributed by atoms with E-state index in [9.17, 15) is 14.7 Å². The van der Waals surface area contributed by atoms with Crippen LogP contribution in [-0.4, -0.2) is 34.2 Å². The first-order chi connectivity index (χ1) is 11.0. The number of nitrogens with zero attached hydrogens (tertiary/aromatic N) is 1. The van der Waals surface area contributed by atoms with Crippen LogP contribution < -0.4 is 9.84 Å². The number of rotatable bonds is 7. The first kappa shape index (κ1) is 17.2. The number of aliphatic carboxylic acids is 1. The quantitative estimate of drug-likeness (QED) is 0.423. The first-order valence-electron chi connectivity index (χ1n) is 6.81. The smallest absolute Gasteiger partial charge is 0.266 e. The predicted octanol–water partition coefficient (Wildman–Crippen LogP) is 1.59. The molecule has 0 spiro atoms. The standard InChI is InChI=1S/C16H15NO4S2/c1-2-9-21-12-6-4-3-5-11(12)10-13-15(20)17(16(22)23-13)8-7-14(18)19/h2-6,10H,1,7-9H2,(H,18,19)/p-1/b13-10-. The first-order valence-corrected chi connectivity index (χ1v) is 8.03. The molecule has 1 amide bonds. The Morgan fingerprint density at radius 1 is 1.43 bits per heavy atom. The van der Waals surface area contributed by atoms with Crippen molar-refractivity contribution in [2.75, 3.05) is 13.2 Å². The molecule has 1 fully saturated rings. The average Bonchev–Trinajstić information content (AvgIpc) is 2.78. The van der Waals surface area contributed by atoms with Gasteiger partial charge >= 0.3 is 0 Å². The lowest BCUT2D eigenvalue weighted by Gasteiger charge is -2.14. The van der Waals surface area contributed by atoms with Crippen LogP contribution >= 0.6 is 24.0 Å². The Bertz CT molecular complexity index is 684. The van der Waals surface area contributed by atoms with Gasteiger partial charge in [-0.2, -0.15) is 0 Å². The number of carboxylic acids is 1. The fourth-order valence-corrected chi connectivity index (χ4v) is 3.22. The van der Waals surface area contributed by atoms with E-state index in [1.54, 1.807) is 18.2 Å². The van der Waals surface area contributed by atoms with Gasteiger partial charge in [-0.1, -0.05) is 54.8 Å². The Hall–Kier alpha value is -2.12. The maximum absolute atomic E-state index is 12.3. The van der Waals surface area contributed by atoms with Crippen molar-refractivity contribution >= 4 is 46.3 Å². The van der Waals surface area contributed by atoms with E-state index in [-0.39, 0.29) is 18.9 Å². The molecule has 0 unspecified atom stereocenters. The van der Waals surface area contributed by atoms with Crippen LogP contribution in [0, 0.1) is 0 Å².